The first-order valence-corrected chi connectivity index (χ1v) is 11.9. The molecule has 4 rings (SSSR count). The number of carbonyl (C=O) groups excluding carboxylic acids is 1. The second-order valence-corrected chi connectivity index (χ2v) is 9.17. The normalized spacial score (nSPS) is 13.1. The Bertz CT molecular complexity index is 1200. The van der Waals surface area contributed by atoms with Crippen molar-refractivity contribution in [3.05, 3.63) is 50.4 Å². The van der Waals surface area contributed by atoms with Gasteiger partial charge in [-0.15, -0.1) is 11.3 Å². The molecule has 0 spiro atoms. The van der Waals surface area contributed by atoms with Crippen LogP contribution >= 0.6 is 11.3 Å². The Morgan fingerprint density at radius 3 is 2.70 bits per heavy atom. The van der Waals surface area contributed by atoms with Crippen LogP contribution in [0.1, 0.15) is 34.7 Å². The summed E-state index contributed by atoms with van der Waals surface area (Å²) < 4.78 is 15.7. The van der Waals surface area contributed by atoms with Gasteiger partial charge >= 0.3 is 0 Å². The summed E-state index contributed by atoms with van der Waals surface area (Å²) in [5.41, 5.74) is 2.04. The third-order valence-electron chi connectivity index (χ3n) is 5.95. The highest BCUT2D eigenvalue weighted by Gasteiger charge is 2.21. The van der Waals surface area contributed by atoms with Crippen LogP contribution in [0.25, 0.3) is 10.2 Å². The largest absolute Gasteiger partial charge is 0.493 e. The Labute approximate surface area is 196 Å². The molecule has 0 aliphatic heterocycles. The first kappa shape index (κ1) is 23.3. The molecule has 1 N–H and O–H groups in total. The lowest BCUT2D eigenvalue weighted by Gasteiger charge is -2.22. The van der Waals surface area contributed by atoms with Gasteiger partial charge in [0.25, 0.3) is 5.56 Å². The van der Waals surface area contributed by atoms with Crippen LogP contribution in [0.15, 0.2) is 23.0 Å². The molecular formula is C24H29N3O5S. The molecule has 1 aliphatic rings. The fourth-order valence-electron chi connectivity index (χ4n) is 4.27. The lowest BCUT2D eigenvalue weighted by Crippen LogP contribution is -2.36. The van der Waals surface area contributed by atoms with E-state index in [0.717, 1.165) is 47.0 Å². The van der Waals surface area contributed by atoms with E-state index < -0.39 is 0 Å². The van der Waals surface area contributed by atoms with Crippen molar-refractivity contribution in [3.63, 3.8) is 0 Å². The van der Waals surface area contributed by atoms with Crippen LogP contribution in [-0.4, -0.2) is 55.3 Å². The van der Waals surface area contributed by atoms with Gasteiger partial charge in [-0.05, 0) is 55.4 Å². The summed E-state index contributed by atoms with van der Waals surface area (Å²) in [6, 6.07) is 5.70. The van der Waals surface area contributed by atoms with Gasteiger partial charge in [-0.25, -0.2) is 4.98 Å². The van der Waals surface area contributed by atoms with Crippen LogP contribution in [0.2, 0.25) is 0 Å². The number of aryl methyl sites for hydroxylation is 2. The van der Waals surface area contributed by atoms with E-state index in [1.165, 1.54) is 12.0 Å². The summed E-state index contributed by atoms with van der Waals surface area (Å²) in [7, 11) is 4.68. The molecule has 0 bridgehead atoms. The first-order valence-electron chi connectivity index (χ1n) is 11.0. The second kappa shape index (κ2) is 10.4. The fraction of sp³-hybridized carbons (Fsp3) is 0.458. The van der Waals surface area contributed by atoms with Crippen molar-refractivity contribution in [3.8, 4) is 11.5 Å². The van der Waals surface area contributed by atoms with Crippen LogP contribution < -0.4 is 15.0 Å². The third kappa shape index (κ3) is 5.04. The number of nitrogens with one attached hydrogen (secondary N) is 1. The number of aromatic amines is 1. The zero-order chi connectivity index (χ0) is 23.4. The molecule has 9 heteroatoms. The molecule has 2 heterocycles. The van der Waals surface area contributed by atoms with Crippen molar-refractivity contribution >= 4 is 27.5 Å². The van der Waals surface area contributed by atoms with E-state index in [0.29, 0.717) is 30.3 Å². The van der Waals surface area contributed by atoms with Crippen LogP contribution in [0.4, 0.5) is 0 Å². The first-order chi connectivity index (χ1) is 16.0. The van der Waals surface area contributed by atoms with Crippen LogP contribution in [0.5, 0.6) is 11.5 Å². The lowest BCUT2D eigenvalue weighted by molar-refractivity contribution is -0.135. The third-order valence-corrected chi connectivity index (χ3v) is 7.14. The number of methoxy groups -OCH3 is 3. The van der Waals surface area contributed by atoms with Crippen LogP contribution in [0, 0.1) is 0 Å². The molecular weight excluding hydrogens is 442 g/mol. The molecule has 0 fully saturated rings. The monoisotopic (exact) mass is 471 g/mol. The topological polar surface area (TPSA) is 93.8 Å². The average molecular weight is 472 g/mol. The number of hydrogen-bond donors (Lipinski definition) is 1. The Hall–Kier alpha value is -2.91. The second-order valence-electron chi connectivity index (χ2n) is 8.09. The zero-order valence-electron chi connectivity index (χ0n) is 19.2. The number of thiophene rings is 1. The minimum absolute atomic E-state index is 0.0360. The number of aromatic nitrogens is 2. The van der Waals surface area contributed by atoms with E-state index in [1.807, 2.05) is 18.2 Å². The quantitative estimate of drug-likeness (QED) is 0.516. The van der Waals surface area contributed by atoms with Gasteiger partial charge in [0.1, 0.15) is 17.3 Å². The van der Waals surface area contributed by atoms with E-state index in [9.17, 15) is 9.59 Å². The van der Waals surface area contributed by atoms with Crippen LogP contribution in [-0.2, 0) is 35.3 Å². The SMILES string of the molecule is COCC(=O)N(CCc1ccc(OC)c(OC)c1)Cc1nc2sc3c(c2c(=O)[nH]1)CCCC3. The molecule has 3 aromatic rings. The van der Waals surface area contributed by atoms with Crippen molar-refractivity contribution in [2.75, 3.05) is 34.5 Å². The average Bonchev–Trinajstić information content (AvgIpc) is 3.20. The maximum absolute atomic E-state index is 12.9. The zero-order valence-corrected chi connectivity index (χ0v) is 20.0. The van der Waals surface area contributed by atoms with E-state index in [2.05, 4.69) is 4.98 Å². The molecule has 33 heavy (non-hydrogen) atoms. The molecule has 0 saturated carbocycles. The highest BCUT2D eigenvalue weighted by atomic mass is 32.1. The summed E-state index contributed by atoms with van der Waals surface area (Å²) in [6.07, 6.45) is 4.81. The fourth-order valence-corrected chi connectivity index (χ4v) is 5.55. The standard InChI is InChI=1S/C24H29N3O5S/c1-30-14-21(28)27(11-10-15-8-9-17(31-2)18(12-15)32-3)13-20-25-23(29)22-16-6-4-5-7-19(16)33-24(22)26-20/h8-9,12H,4-7,10-11,13-14H2,1-3H3,(H,25,26,29). The van der Waals surface area contributed by atoms with E-state index in [-0.39, 0.29) is 24.6 Å². The number of fused-ring (bicyclic) bond motifs is 3. The minimum atomic E-state index is -0.161. The number of nitrogens with zero attached hydrogens (tertiary/aromatic N) is 2. The van der Waals surface area contributed by atoms with Gasteiger partial charge in [0.05, 0.1) is 26.2 Å². The minimum Gasteiger partial charge on any atom is -0.493 e. The van der Waals surface area contributed by atoms with Crippen molar-refractivity contribution in [1.29, 1.82) is 0 Å². The molecule has 0 saturated heterocycles. The molecule has 0 unspecified atom stereocenters. The molecule has 8 nitrogen and oxygen atoms in total. The molecule has 0 radical (unpaired) electrons. The van der Waals surface area contributed by atoms with Gasteiger partial charge in [-0.1, -0.05) is 6.07 Å². The Kier molecular flexibility index (Phi) is 7.29. The number of carbonyl (C=O) groups is 1. The van der Waals surface area contributed by atoms with E-state index >= 15 is 0 Å². The predicted molar refractivity (Wildman–Crippen MR) is 127 cm³/mol. The summed E-state index contributed by atoms with van der Waals surface area (Å²) in [4.78, 5) is 36.9. The number of hydrogen-bond acceptors (Lipinski definition) is 7. The maximum atomic E-state index is 12.9. The molecule has 0 atom stereocenters. The maximum Gasteiger partial charge on any atom is 0.259 e. The van der Waals surface area contributed by atoms with Gasteiger partial charge in [0, 0.05) is 18.5 Å². The van der Waals surface area contributed by atoms with Crippen molar-refractivity contribution < 1.29 is 19.0 Å². The van der Waals surface area contributed by atoms with Gasteiger partial charge < -0.3 is 24.1 Å². The van der Waals surface area contributed by atoms with E-state index in [4.69, 9.17) is 19.2 Å². The Morgan fingerprint density at radius 1 is 1.15 bits per heavy atom. The van der Waals surface area contributed by atoms with Crippen LogP contribution in [0.3, 0.4) is 0 Å². The summed E-state index contributed by atoms with van der Waals surface area (Å²) in [6.45, 7) is 0.620. The molecule has 1 amide bonds. The smallest absolute Gasteiger partial charge is 0.259 e. The molecule has 2 aromatic heterocycles. The number of ether oxygens (including phenoxy) is 3. The summed E-state index contributed by atoms with van der Waals surface area (Å²) in [5.74, 6) is 1.62. The van der Waals surface area contributed by atoms with Gasteiger partial charge in [-0.3, -0.25) is 9.59 Å². The Balaban J connectivity index is 1.56. The number of rotatable bonds is 9. The highest BCUT2D eigenvalue weighted by molar-refractivity contribution is 7.18. The van der Waals surface area contributed by atoms with Gasteiger partial charge in [0.2, 0.25) is 5.91 Å². The number of benzene rings is 1. The molecule has 176 valence electrons. The highest BCUT2D eigenvalue weighted by Crippen LogP contribution is 2.33. The lowest BCUT2D eigenvalue weighted by atomic mass is 9.97. The number of amides is 1. The molecule has 1 aliphatic carbocycles. The summed E-state index contributed by atoms with van der Waals surface area (Å²) >= 11 is 1.61. The number of H-pyrrole nitrogens is 1. The van der Waals surface area contributed by atoms with Crippen molar-refractivity contribution in [1.82, 2.24) is 14.9 Å². The summed E-state index contributed by atoms with van der Waals surface area (Å²) in [5, 5.41) is 0.721. The van der Waals surface area contributed by atoms with Crippen molar-refractivity contribution in [2.24, 2.45) is 0 Å². The van der Waals surface area contributed by atoms with Crippen molar-refractivity contribution in [2.45, 2.75) is 38.6 Å². The van der Waals surface area contributed by atoms with E-state index in [1.54, 1.807) is 30.5 Å². The van der Waals surface area contributed by atoms with Gasteiger partial charge in [-0.2, -0.15) is 0 Å². The van der Waals surface area contributed by atoms with Gasteiger partial charge in [0.15, 0.2) is 11.5 Å². The molecule has 1 aromatic carbocycles. The predicted octanol–water partition coefficient (Wildman–Crippen LogP) is 3.10. The Morgan fingerprint density at radius 2 is 1.94 bits per heavy atom.